The average Bonchev–Trinajstić information content (AvgIpc) is 2.37. The van der Waals surface area contributed by atoms with E-state index in [0.717, 1.165) is 21.3 Å². The van der Waals surface area contributed by atoms with Crippen LogP contribution in [-0.4, -0.2) is 0 Å². The summed E-state index contributed by atoms with van der Waals surface area (Å²) in [5.74, 6) is 0.866. The minimum Gasteiger partial charge on any atom is -0.489 e. The average molecular weight is 320 g/mol. The van der Waals surface area contributed by atoms with Crippen molar-refractivity contribution in [3.8, 4) is 5.75 Å². The molecular formula is C16H18BrNO. The first-order valence-corrected chi connectivity index (χ1v) is 7.09. The van der Waals surface area contributed by atoms with Crippen LogP contribution in [0.3, 0.4) is 0 Å². The van der Waals surface area contributed by atoms with Gasteiger partial charge in [-0.25, -0.2) is 0 Å². The summed E-state index contributed by atoms with van der Waals surface area (Å²) in [5, 5.41) is 0. The summed E-state index contributed by atoms with van der Waals surface area (Å²) in [7, 11) is 0. The molecule has 0 spiro atoms. The van der Waals surface area contributed by atoms with Crippen LogP contribution in [-0.2, 0) is 6.61 Å². The maximum absolute atomic E-state index is 5.97. The molecule has 1 unspecified atom stereocenters. The highest BCUT2D eigenvalue weighted by molar-refractivity contribution is 9.10. The lowest BCUT2D eigenvalue weighted by Gasteiger charge is -2.15. The molecule has 2 rings (SSSR count). The van der Waals surface area contributed by atoms with Gasteiger partial charge >= 0.3 is 0 Å². The highest BCUT2D eigenvalue weighted by Crippen LogP contribution is 2.27. The van der Waals surface area contributed by atoms with Crippen molar-refractivity contribution < 1.29 is 4.74 Å². The third-order valence-electron chi connectivity index (χ3n) is 3.00. The first-order valence-electron chi connectivity index (χ1n) is 6.30. The zero-order valence-corrected chi connectivity index (χ0v) is 12.8. The lowest BCUT2D eigenvalue weighted by atomic mass is 10.1. The van der Waals surface area contributed by atoms with Crippen LogP contribution in [0.25, 0.3) is 0 Å². The van der Waals surface area contributed by atoms with Gasteiger partial charge in [0.15, 0.2) is 0 Å². The lowest BCUT2D eigenvalue weighted by Crippen LogP contribution is -2.08. The minimum atomic E-state index is -0.0326. The van der Waals surface area contributed by atoms with E-state index in [-0.39, 0.29) is 6.04 Å². The van der Waals surface area contributed by atoms with Crippen molar-refractivity contribution in [1.29, 1.82) is 0 Å². The summed E-state index contributed by atoms with van der Waals surface area (Å²) < 4.78 is 7.00. The lowest BCUT2D eigenvalue weighted by molar-refractivity contribution is 0.300. The molecule has 3 heteroatoms. The van der Waals surface area contributed by atoms with E-state index in [2.05, 4.69) is 28.9 Å². The molecule has 1 atom stereocenters. The van der Waals surface area contributed by atoms with Crippen molar-refractivity contribution in [1.82, 2.24) is 0 Å². The predicted molar refractivity (Wildman–Crippen MR) is 82.3 cm³/mol. The molecule has 0 radical (unpaired) electrons. The van der Waals surface area contributed by atoms with Gasteiger partial charge in [-0.3, -0.25) is 0 Å². The summed E-state index contributed by atoms with van der Waals surface area (Å²) in [4.78, 5) is 0. The summed E-state index contributed by atoms with van der Waals surface area (Å²) in [5.41, 5.74) is 9.31. The summed E-state index contributed by atoms with van der Waals surface area (Å²) in [6.07, 6.45) is 0. The van der Waals surface area contributed by atoms with E-state index in [1.165, 1.54) is 5.56 Å². The smallest absolute Gasteiger partial charge is 0.124 e. The minimum absolute atomic E-state index is 0.0326. The van der Waals surface area contributed by atoms with Crippen molar-refractivity contribution in [2.24, 2.45) is 5.73 Å². The van der Waals surface area contributed by atoms with Crippen molar-refractivity contribution in [2.45, 2.75) is 26.5 Å². The van der Waals surface area contributed by atoms with E-state index in [1.807, 2.05) is 43.3 Å². The monoisotopic (exact) mass is 319 g/mol. The second-order valence-corrected chi connectivity index (χ2v) is 5.56. The molecule has 0 aromatic heterocycles. The van der Waals surface area contributed by atoms with Crippen molar-refractivity contribution in [2.75, 3.05) is 0 Å². The van der Waals surface area contributed by atoms with Gasteiger partial charge in [-0.15, -0.1) is 0 Å². The van der Waals surface area contributed by atoms with Gasteiger partial charge in [0.05, 0.1) is 0 Å². The summed E-state index contributed by atoms with van der Waals surface area (Å²) >= 11 is 3.53. The highest BCUT2D eigenvalue weighted by atomic mass is 79.9. The third-order valence-corrected chi connectivity index (χ3v) is 3.77. The zero-order chi connectivity index (χ0) is 13.8. The number of aryl methyl sites for hydroxylation is 1. The Morgan fingerprint density at radius 1 is 1.21 bits per heavy atom. The molecule has 0 saturated carbocycles. The molecule has 2 aromatic rings. The number of halogens is 1. The van der Waals surface area contributed by atoms with Gasteiger partial charge in [0, 0.05) is 21.6 Å². The van der Waals surface area contributed by atoms with Crippen LogP contribution < -0.4 is 10.5 Å². The van der Waals surface area contributed by atoms with Gasteiger partial charge in [0.25, 0.3) is 0 Å². The summed E-state index contributed by atoms with van der Waals surface area (Å²) in [6, 6.07) is 14.2. The third kappa shape index (κ3) is 3.58. The maximum atomic E-state index is 5.97. The van der Waals surface area contributed by atoms with Crippen LogP contribution in [0.1, 0.15) is 29.7 Å². The van der Waals surface area contributed by atoms with Gasteiger partial charge in [-0.2, -0.15) is 0 Å². The second-order valence-electron chi connectivity index (χ2n) is 4.71. The van der Waals surface area contributed by atoms with Crippen molar-refractivity contribution in [3.05, 3.63) is 63.6 Å². The Hall–Kier alpha value is -1.32. The van der Waals surface area contributed by atoms with Crippen LogP contribution in [0.5, 0.6) is 5.75 Å². The van der Waals surface area contributed by atoms with Crippen molar-refractivity contribution in [3.63, 3.8) is 0 Å². The molecule has 0 amide bonds. The highest BCUT2D eigenvalue weighted by Gasteiger charge is 2.09. The number of nitrogens with two attached hydrogens (primary N) is 1. The maximum Gasteiger partial charge on any atom is 0.124 e. The molecule has 0 bridgehead atoms. The number of rotatable bonds is 4. The normalized spacial score (nSPS) is 12.2. The first kappa shape index (κ1) is 14.1. The van der Waals surface area contributed by atoms with E-state index in [4.69, 9.17) is 10.5 Å². The molecule has 0 aliphatic carbocycles. The largest absolute Gasteiger partial charge is 0.489 e. The topological polar surface area (TPSA) is 35.2 Å². The van der Waals surface area contributed by atoms with E-state index in [0.29, 0.717) is 6.61 Å². The molecule has 0 saturated heterocycles. The standard InChI is InChI=1S/C16H18BrNO/c1-11-7-8-14(12(2)18)16(9-11)19-10-13-5-3-4-6-15(13)17/h3-9,12H,10,18H2,1-2H3. The number of hydrogen-bond acceptors (Lipinski definition) is 2. The van der Waals surface area contributed by atoms with Gasteiger partial charge < -0.3 is 10.5 Å². The second kappa shape index (κ2) is 6.22. The van der Waals surface area contributed by atoms with Crippen LogP contribution in [0.4, 0.5) is 0 Å². The van der Waals surface area contributed by atoms with Gasteiger partial charge in [-0.05, 0) is 31.5 Å². The Labute approximate surface area is 122 Å². The first-order chi connectivity index (χ1) is 9.08. The Balaban J connectivity index is 2.19. The molecule has 19 heavy (non-hydrogen) atoms. The Kier molecular flexibility index (Phi) is 4.61. The molecule has 2 nitrogen and oxygen atoms in total. The van der Waals surface area contributed by atoms with Gasteiger partial charge in [0.1, 0.15) is 12.4 Å². The SMILES string of the molecule is Cc1ccc(C(C)N)c(OCc2ccccc2Br)c1. The number of hydrogen-bond donors (Lipinski definition) is 1. The van der Waals surface area contributed by atoms with Crippen LogP contribution in [0.15, 0.2) is 46.9 Å². The zero-order valence-electron chi connectivity index (χ0n) is 11.2. The van der Waals surface area contributed by atoms with Crippen LogP contribution >= 0.6 is 15.9 Å². The van der Waals surface area contributed by atoms with E-state index in [1.54, 1.807) is 0 Å². The number of benzene rings is 2. The Morgan fingerprint density at radius 3 is 2.63 bits per heavy atom. The fourth-order valence-corrected chi connectivity index (χ4v) is 2.31. The van der Waals surface area contributed by atoms with E-state index >= 15 is 0 Å². The predicted octanol–water partition coefficient (Wildman–Crippen LogP) is 4.36. The molecule has 0 aliphatic rings. The van der Waals surface area contributed by atoms with Crippen LogP contribution in [0.2, 0.25) is 0 Å². The molecule has 2 N–H and O–H groups in total. The van der Waals surface area contributed by atoms with E-state index < -0.39 is 0 Å². The molecule has 0 aliphatic heterocycles. The fraction of sp³-hybridized carbons (Fsp3) is 0.250. The Bertz CT molecular complexity index is 566. The molecule has 0 fully saturated rings. The van der Waals surface area contributed by atoms with E-state index in [9.17, 15) is 0 Å². The molecule has 100 valence electrons. The quantitative estimate of drug-likeness (QED) is 0.908. The van der Waals surface area contributed by atoms with Crippen LogP contribution in [0, 0.1) is 6.92 Å². The summed E-state index contributed by atoms with van der Waals surface area (Å²) in [6.45, 7) is 4.55. The molecule has 2 aromatic carbocycles. The molecule has 0 heterocycles. The van der Waals surface area contributed by atoms with Crippen molar-refractivity contribution >= 4 is 15.9 Å². The van der Waals surface area contributed by atoms with Gasteiger partial charge in [-0.1, -0.05) is 46.3 Å². The fourth-order valence-electron chi connectivity index (χ4n) is 1.91. The number of ether oxygens (including phenoxy) is 1. The Morgan fingerprint density at radius 2 is 1.95 bits per heavy atom. The molecular weight excluding hydrogens is 302 g/mol. The van der Waals surface area contributed by atoms with Gasteiger partial charge in [0.2, 0.25) is 0 Å².